The molecular weight excluding hydrogens is 428 g/mol. The van der Waals surface area contributed by atoms with Crippen molar-refractivity contribution >= 4 is 5.97 Å². The third-order valence-electron chi connectivity index (χ3n) is 5.69. The molecule has 0 saturated heterocycles. The Balaban J connectivity index is 4.47. The summed E-state index contributed by atoms with van der Waals surface area (Å²) in [4.78, 5) is 11.3. The molecule has 0 rings (SSSR count). The van der Waals surface area contributed by atoms with Gasteiger partial charge >= 0.3 is 5.97 Å². The predicted molar refractivity (Wildman–Crippen MR) is 114 cm³/mol. The molecule has 10 N–H and O–H groups in total. The van der Waals surface area contributed by atoms with E-state index in [2.05, 4.69) is 0 Å². The fourth-order valence-electron chi connectivity index (χ4n) is 3.53. The Kier molecular flexibility index (Phi) is 16.2. The Bertz CT molecular complexity index is 492. The zero-order valence-electron chi connectivity index (χ0n) is 18.5. The third kappa shape index (κ3) is 10.8. The highest BCUT2D eigenvalue weighted by Gasteiger charge is 2.51. The molecule has 0 radical (unpaired) electrons. The van der Waals surface area contributed by atoms with Crippen molar-refractivity contribution in [2.24, 2.45) is 0 Å². The molecule has 32 heavy (non-hydrogen) atoms. The Morgan fingerprint density at radius 1 is 0.688 bits per heavy atom. The number of carbonyl (C=O) groups is 1. The maximum atomic E-state index is 11.3. The van der Waals surface area contributed by atoms with Crippen molar-refractivity contribution in [3.8, 4) is 0 Å². The molecule has 0 saturated carbocycles. The molecule has 0 spiro atoms. The zero-order valence-corrected chi connectivity index (χ0v) is 18.5. The van der Waals surface area contributed by atoms with E-state index >= 15 is 0 Å². The number of hydrogen-bond donors (Lipinski definition) is 10. The van der Waals surface area contributed by atoms with E-state index in [9.17, 15) is 40.5 Å². The normalized spacial score (nSPS) is 19.5. The lowest BCUT2D eigenvalue weighted by Crippen LogP contribution is -2.61. The standard InChI is InChI=1S/C21H42O11/c22-11-9-7-5-3-1-2-4-6-8-10-15(25)16(26)17(27)18(28)19(29)21(32,20(30)31)12-14(24)13-23/h14-19,22-29,32H,1-13H2,(H,30,31). The molecule has 0 aliphatic heterocycles. The minimum Gasteiger partial charge on any atom is -0.479 e. The minimum absolute atomic E-state index is 0.101. The molecule has 0 aromatic carbocycles. The molecule has 0 bridgehead atoms. The summed E-state index contributed by atoms with van der Waals surface area (Å²) in [6.07, 6.45) is -4.75. The van der Waals surface area contributed by atoms with Crippen molar-refractivity contribution < 1.29 is 55.9 Å². The number of hydrogen-bond acceptors (Lipinski definition) is 10. The van der Waals surface area contributed by atoms with Gasteiger partial charge in [-0.05, 0) is 12.8 Å². The Hall–Kier alpha value is -0.890. The molecule has 0 aromatic rings. The molecule has 0 aliphatic carbocycles. The van der Waals surface area contributed by atoms with Crippen LogP contribution in [0.3, 0.4) is 0 Å². The van der Waals surface area contributed by atoms with Crippen molar-refractivity contribution in [2.45, 2.75) is 113 Å². The van der Waals surface area contributed by atoms with Gasteiger partial charge < -0.3 is 51.1 Å². The summed E-state index contributed by atoms with van der Waals surface area (Å²) in [5.74, 6) is -2.01. The summed E-state index contributed by atoms with van der Waals surface area (Å²) in [6, 6.07) is 0. The molecule has 192 valence electrons. The van der Waals surface area contributed by atoms with Crippen LogP contribution in [0, 0.1) is 0 Å². The molecule has 7 unspecified atom stereocenters. The van der Waals surface area contributed by atoms with Crippen LogP contribution >= 0.6 is 0 Å². The average Bonchev–Trinajstić information content (AvgIpc) is 2.77. The predicted octanol–water partition coefficient (Wildman–Crippen LogP) is -1.76. The first kappa shape index (κ1) is 31.1. The monoisotopic (exact) mass is 470 g/mol. The SMILES string of the molecule is O=C(O)C(O)(CC(O)CO)C(O)C(O)C(O)C(O)C(O)CCCCCCCCCCCO. The fraction of sp³-hybridized carbons (Fsp3) is 0.952. The van der Waals surface area contributed by atoms with E-state index in [1.54, 1.807) is 0 Å². The molecule has 11 heteroatoms. The Morgan fingerprint density at radius 3 is 1.59 bits per heavy atom. The van der Waals surface area contributed by atoms with Crippen LogP contribution in [-0.2, 0) is 4.79 Å². The molecular formula is C21H42O11. The highest BCUT2D eigenvalue weighted by Crippen LogP contribution is 2.24. The van der Waals surface area contributed by atoms with E-state index in [-0.39, 0.29) is 13.0 Å². The lowest BCUT2D eigenvalue weighted by atomic mass is 9.83. The molecule has 0 amide bonds. The van der Waals surface area contributed by atoms with Crippen LogP contribution in [0.25, 0.3) is 0 Å². The van der Waals surface area contributed by atoms with E-state index in [0.29, 0.717) is 6.42 Å². The second kappa shape index (κ2) is 16.7. The van der Waals surface area contributed by atoms with E-state index in [4.69, 9.17) is 15.3 Å². The average molecular weight is 471 g/mol. The van der Waals surface area contributed by atoms with Gasteiger partial charge in [0.25, 0.3) is 0 Å². The lowest BCUT2D eigenvalue weighted by molar-refractivity contribution is -0.205. The van der Waals surface area contributed by atoms with Crippen LogP contribution in [-0.4, -0.2) is 112 Å². The van der Waals surface area contributed by atoms with Gasteiger partial charge in [-0.15, -0.1) is 0 Å². The topological polar surface area (TPSA) is 219 Å². The van der Waals surface area contributed by atoms with Crippen LogP contribution in [0.2, 0.25) is 0 Å². The molecule has 0 aliphatic rings. The van der Waals surface area contributed by atoms with E-state index in [1.807, 2.05) is 0 Å². The number of aliphatic hydroxyl groups is 9. The molecule has 11 nitrogen and oxygen atoms in total. The fourth-order valence-corrected chi connectivity index (χ4v) is 3.53. The van der Waals surface area contributed by atoms with Gasteiger partial charge in [0.1, 0.15) is 24.4 Å². The van der Waals surface area contributed by atoms with Crippen molar-refractivity contribution in [2.75, 3.05) is 13.2 Å². The summed E-state index contributed by atoms with van der Waals surface area (Å²) in [6.45, 7) is -0.696. The van der Waals surface area contributed by atoms with Gasteiger partial charge in [-0.25, -0.2) is 4.79 Å². The summed E-state index contributed by atoms with van der Waals surface area (Å²) in [5, 5.41) is 96.6. The maximum Gasteiger partial charge on any atom is 0.338 e. The maximum absolute atomic E-state index is 11.3. The minimum atomic E-state index is -3.11. The van der Waals surface area contributed by atoms with Crippen LogP contribution in [0.4, 0.5) is 0 Å². The first-order valence-corrected chi connectivity index (χ1v) is 11.3. The molecule has 0 heterocycles. The van der Waals surface area contributed by atoms with Crippen molar-refractivity contribution in [1.82, 2.24) is 0 Å². The van der Waals surface area contributed by atoms with Crippen LogP contribution < -0.4 is 0 Å². The van der Waals surface area contributed by atoms with Crippen molar-refractivity contribution in [3.63, 3.8) is 0 Å². The number of unbranched alkanes of at least 4 members (excludes halogenated alkanes) is 8. The van der Waals surface area contributed by atoms with Crippen molar-refractivity contribution in [1.29, 1.82) is 0 Å². The van der Waals surface area contributed by atoms with Crippen molar-refractivity contribution in [3.05, 3.63) is 0 Å². The second-order valence-electron chi connectivity index (χ2n) is 8.45. The van der Waals surface area contributed by atoms with E-state index in [0.717, 1.165) is 51.4 Å². The largest absolute Gasteiger partial charge is 0.479 e. The first-order valence-electron chi connectivity index (χ1n) is 11.3. The highest BCUT2D eigenvalue weighted by molar-refractivity contribution is 5.78. The summed E-state index contributed by atoms with van der Waals surface area (Å²) in [7, 11) is 0. The van der Waals surface area contributed by atoms with Gasteiger partial charge in [0.2, 0.25) is 0 Å². The number of carboxylic acids is 1. The summed E-state index contributed by atoms with van der Waals surface area (Å²) >= 11 is 0. The van der Waals surface area contributed by atoms with E-state index < -0.39 is 61.2 Å². The Morgan fingerprint density at radius 2 is 1.16 bits per heavy atom. The van der Waals surface area contributed by atoms with Gasteiger partial charge in [0.15, 0.2) is 5.60 Å². The number of rotatable bonds is 20. The second-order valence-corrected chi connectivity index (χ2v) is 8.45. The first-order chi connectivity index (χ1) is 15.0. The number of carboxylic acid groups (broad SMARTS) is 1. The van der Waals surface area contributed by atoms with Gasteiger partial charge in [0.05, 0.1) is 18.8 Å². The zero-order chi connectivity index (χ0) is 24.7. The van der Waals surface area contributed by atoms with E-state index in [1.165, 1.54) is 0 Å². The summed E-state index contributed by atoms with van der Waals surface area (Å²) in [5.41, 5.74) is -3.11. The third-order valence-corrected chi connectivity index (χ3v) is 5.69. The van der Waals surface area contributed by atoms with Gasteiger partial charge in [-0.2, -0.15) is 0 Å². The van der Waals surface area contributed by atoms with Crippen LogP contribution in [0.1, 0.15) is 70.6 Å². The van der Waals surface area contributed by atoms with Gasteiger partial charge in [0, 0.05) is 13.0 Å². The smallest absolute Gasteiger partial charge is 0.338 e. The van der Waals surface area contributed by atoms with Gasteiger partial charge in [-0.1, -0.05) is 51.4 Å². The Labute approximate surface area is 188 Å². The molecule has 7 atom stereocenters. The van der Waals surface area contributed by atoms with Gasteiger partial charge in [-0.3, -0.25) is 0 Å². The van der Waals surface area contributed by atoms with Crippen LogP contribution in [0.15, 0.2) is 0 Å². The van der Waals surface area contributed by atoms with Crippen LogP contribution in [0.5, 0.6) is 0 Å². The quantitative estimate of drug-likeness (QED) is 0.0898. The summed E-state index contributed by atoms with van der Waals surface area (Å²) < 4.78 is 0. The molecule has 0 aromatic heterocycles. The number of aliphatic hydroxyl groups excluding tert-OH is 8. The number of aliphatic carboxylic acids is 1. The lowest BCUT2D eigenvalue weighted by Gasteiger charge is -2.36. The highest BCUT2D eigenvalue weighted by atomic mass is 16.4. The molecule has 0 fully saturated rings.